The maximum atomic E-state index is 13.5. The van der Waals surface area contributed by atoms with E-state index in [1.54, 1.807) is 27.0 Å². The lowest BCUT2D eigenvalue weighted by molar-refractivity contribution is -0.335. The lowest BCUT2D eigenvalue weighted by Crippen LogP contribution is -2.69. The van der Waals surface area contributed by atoms with Crippen molar-refractivity contribution in [3.63, 3.8) is 0 Å². The molecule has 0 aromatic carbocycles. The summed E-state index contributed by atoms with van der Waals surface area (Å²) in [5, 5.41) is 38.4. The van der Waals surface area contributed by atoms with E-state index in [0.717, 1.165) is 4.90 Å². The third kappa shape index (κ3) is 8.29. The summed E-state index contributed by atoms with van der Waals surface area (Å²) in [5.41, 5.74) is -1.39. The Labute approximate surface area is 262 Å². The van der Waals surface area contributed by atoms with E-state index in [-0.39, 0.29) is 6.42 Å². The van der Waals surface area contributed by atoms with Crippen LogP contribution in [0.3, 0.4) is 0 Å². The first-order valence-electron chi connectivity index (χ1n) is 14.9. The molecule has 0 aromatic rings. The van der Waals surface area contributed by atoms with Crippen LogP contribution in [0.2, 0.25) is 0 Å². The van der Waals surface area contributed by atoms with Crippen molar-refractivity contribution in [1.29, 1.82) is 0 Å². The lowest BCUT2D eigenvalue weighted by Gasteiger charge is -2.51. The number of nitrogens with zero attached hydrogens (tertiary/aromatic N) is 1. The number of ether oxygens (including phenoxy) is 4. The van der Waals surface area contributed by atoms with Crippen molar-refractivity contribution < 1.29 is 53.4 Å². The third-order valence-corrected chi connectivity index (χ3v) is 8.76. The molecular weight excluding hydrogens is 598 g/mol. The second-order valence-electron chi connectivity index (χ2n) is 13.6. The minimum atomic E-state index is -1.73. The van der Waals surface area contributed by atoms with Gasteiger partial charge in [0.05, 0.1) is 29.1 Å². The van der Waals surface area contributed by atoms with Crippen molar-refractivity contribution in [3.8, 4) is 0 Å². The molecule has 0 saturated carbocycles. The number of hydrogen-bond donors (Lipinski definition) is 5. The van der Waals surface area contributed by atoms with Gasteiger partial charge in [0, 0.05) is 13.3 Å². The van der Waals surface area contributed by atoms with E-state index in [9.17, 15) is 34.5 Å². The second-order valence-corrected chi connectivity index (χ2v) is 14.6. The Morgan fingerprint density at radius 3 is 2.16 bits per heavy atom. The lowest BCUT2D eigenvalue weighted by atomic mass is 9.78. The van der Waals surface area contributed by atoms with Crippen LogP contribution >= 0.6 is 11.8 Å². The number of imide groups is 1. The van der Waals surface area contributed by atoms with Crippen LogP contribution in [-0.4, -0.2) is 129 Å². The van der Waals surface area contributed by atoms with Gasteiger partial charge in [-0.2, -0.15) is 11.8 Å². The van der Waals surface area contributed by atoms with Crippen LogP contribution in [0.5, 0.6) is 0 Å². The van der Waals surface area contributed by atoms with Crippen molar-refractivity contribution in [3.05, 3.63) is 0 Å². The van der Waals surface area contributed by atoms with Crippen molar-refractivity contribution in [2.24, 2.45) is 5.41 Å². The number of carbonyl (C=O) groups excluding carboxylic acids is 4. The van der Waals surface area contributed by atoms with Crippen molar-refractivity contribution in [1.82, 2.24) is 15.5 Å². The maximum absolute atomic E-state index is 13.5. The maximum Gasteiger partial charge on any atom is 0.253 e. The highest BCUT2D eigenvalue weighted by molar-refractivity contribution is 8.00. The Kier molecular flexibility index (Phi) is 11.9. The topological polar surface area (TPSA) is 193 Å². The first kappa shape index (κ1) is 36.6. The van der Waals surface area contributed by atoms with Crippen LogP contribution < -0.4 is 10.6 Å². The minimum Gasteiger partial charge on any atom is -0.388 e. The number of hydrogen-bond acceptors (Lipinski definition) is 12. The molecule has 11 unspecified atom stereocenters. The van der Waals surface area contributed by atoms with Crippen LogP contribution in [0.4, 0.5) is 0 Å². The largest absolute Gasteiger partial charge is 0.388 e. The molecule has 3 heterocycles. The van der Waals surface area contributed by atoms with Crippen LogP contribution in [0.1, 0.15) is 68.2 Å². The summed E-state index contributed by atoms with van der Waals surface area (Å²) >= 11 is 1.24. The molecule has 3 aliphatic rings. The van der Waals surface area contributed by atoms with E-state index in [1.165, 1.54) is 18.7 Å². The van der Waals surface area contributed by atoms with Gasteiger partial charge < -0.3 is 44.9 Å². The van der Waals surface area contributed by atoms with E-state index in [2.05, 4.69) is 10.6 Å². The molecule has 3 fully saturated rings. The summed E-state index contributed by atoms with van der Waals surface area (Å²) in [6, 6.07) is -0.884. The molecule has 0 spiro atoms. The highest BCUT2D eigenvalue weighted by Crippen LogP contribution is 2.37. The zero-order valence-electron chi connectivity index (χ0n) is 26.9. The van der Waals surface area contributed by atoms with Gasteiger partial charge in [0.1, 0.15) is 37.2 Å². The van der Waals surface area contributed by atoms with E-state index in [0.29, 0.717) is 6.42 Å². The zero-order chi connectivity index (χ0) is 33.3. The van der Waals surface area contributed by atoms with E-state index < -0.39 is 108 Å². The van der Waals surface area contributed by atoms with Crippen LogP contribution in [0.15, 0.2) is 0 Å². The van der Waals surface area contributed by atoms with Crippen molar-refractivity contribution in [2.45, 2.75) is 140 Å². The van der Waals surface area contributed by atoms with E-state index >= 15 is 0 Å². The zero-order valence-corrected chi connectivity index (χ0v) is 27.8. The average molecular weight is 648 g/mol. The Hall–Kier alpha value is -1.85. The Bertz CT molecular complexity index is 1060. The third-order valence-electron chi connectivity index (χ3n) is 7.83. The normalized spacial score (nSPS) is 36.8. The van der Waals surface area contributed by atoms with Gasteiger partial charge in [-0.25, -0.2) is 0 Å². The molecule has 14 nitrogen and oxygen atoms in total. The summed E-state index contributed by atoms with van der Waals surface area (Å²) in [5.74, 6) is -2.09. The molecule has 0 aromatic heterocycles. The summed E-state index contributed by atoms with van der Waals surface area (Å²) < 4.78 is 24.3. The molecule has 4 amide bonds. The summed E-state index contributed by atoms with van der Waals surface area (Å²) in [7, 11) is 0. The first-order chi connectivity index (χ1) is 20.3. The van der Waals surface area contributed by atoms with Gasteiger partial charge in [0.2, 0.25) is 17.7 Å². The Morgan fingerprint density at radius 1 is 1.02 bits per heavy atom. The number of nitrogens with one attached hydrogen (secondary N) is 2. The highest BCUT2D eigenvalue weighted by atomic mass is 32.2. The van der Waals surface area contributed by atoms with Crippen molar-refractivity contribution in [2.75, 3.05) is 12.9 Å². The van der Waals surface area contributed by atoms with Crippen molar-refractivity contribution >= 4 is 35.4 Å². The van der Waals surface area contributed by atoms with Gasteiger partial charge in [-0.15, -0.1) is 0 Å². The van der Waals surface area contributed by atoms with E-state index in [4.69, 9.17) is 18.9 Å². The summed E-state index contributed by atoms with van der Waals surface area (Å²) in [6.07, 6.45) is -9.58. The first-order valence-corrected chi connectivity index (χ1v) is 16.2. The molecule has 0 bridgehead atoms. The number of aliphatic hydroxyl groups is 3. The molecule has 3 rings (SSSR count). The molecule has 44 heavy (non-hydrogen) atoms. The number of likely N-dealkylation sites (tertiary alicyclic amines) is 1. The molecule has 252 valence electrons. The Balaban J connectivity index is 1.90. The molecule has 0 radical (unpaired) electrons. The molecule has 15 heteroatoms. The predicted molar refractivity (Wildman–Crippen MR) is 159 cm³/mol. The minimum absolute atomic E-state index is 0.0174. The molecule has 3 aliphatic heterocycles. The van der Waals surface area contributed by atoms with Crippen LogP contribution in [-0.2, 0) is 38.1 Å². The van der Waals surface area contributed by atoms with Gasteiger partial charge >= 0.3 is 0 Å². The number of rotatable bonds is 9. The molecular formula is C29H49N3O11S. The SMILES string of the molecule is CCC1OC(C(C)(C)C)C(NC(C)=O)C(OC2OC(C(=O)NCN3C(=O)CC(SC)C3=O)C(OC(C)(C)C)C(O)C2O)C1O. The quantitative estimate of drug-likeness (QED) is 0.205. The standard InChI is InChI=1S/C29H49N3O11S/c1-10-14-18(35)21(17(31-13(2)33)24(40-14)28(3,4)5)41-27-20(37)19(36)22(43-29(6,7)8)23(42-27)25(38)30-12-32-16(34)11-15(44-9)26(32)39/h14-15,17-24,27,35-37H,10-12H2,1-9H3,(H,30,38)(H,31,33). The van der Waals surface area contributed by atoms with Gasteiger partial charge in [-0.1, -0.05) is 27.7 Å². The predicted octanol–water partition coefficient (Wildman–Crippen LogP) is -0.345. The smallest absolute Gasteiger partial charge is 0.253 e. The van der Waals surface area contributed by atoms with Gasteiger partial charge in [0.25, 0.3) is 5.91 Å². The number of amides is 4. The summed E-state index contributed by atoms with van der Waals surface area (Å²) in [4.78, 5) is 51.6. The monoisotopic (exact) mass is 647 g/mol. The number of carbonyl (C=O) groups is 4. The highest BCUT2D eigenvalue weighted by Gasteiger charge is 2.55. The fourth-order valence-electron chi connectivity index (χ4n) is 5.70. The average Bonchev–Trinajstić information content (AvgIpc) is 3.19. The summed E-state index contributed by atoms with van der Waals surface area (Å²) in [6.45, 7) is 13.5. The molecule has 11 atom stereocenters. The fraction of sp³-hybridized carbons (Fsp3) is 0.862. The molecule has 0 aliphatic carbocycles. The number of thioether (sulfide) groups is 1. The number of aliphatic hydroxyl groups excluding tert-OH is 3. The Morgan fingerprint density at radius 2 is 1.66 bits per heavy atom. The molecule has 3 saturated heterocycles. The van der Waals surface area contributed by atoms with Crippen LogP contribution in [0, 0.1) is 5.41 Å². The van der Waals surface area contributed by atoms with Crippen LogP contribution in [0.25, 0.3) is 0 Å². The van der Waals surface area contributed by atoms with Gasteiger partial charge in [0.15, 0.2) is 12.4 Å². The van der Waals surface area contributed by atoms with Gasteiger partial charge in [-0.3, -0.25) is 24.1 Å². The fourth-order valence-corrected chi connectivity index (χ4v) is 6.34. The van der Waals surface area contributed by atoms with E-state index in [1.807, 2.05) is 27.7 Å². The second kappa shape index (κ2) is 14.3. The van der Waals surface area contributed by atoms with Gasteiger partial charge in [-0.05, 0) is 38.9 Å². The molecule has 5 N–H and O–H groups in total.